The van der Waals surface area contributed by atoms with Crippen molar-refractivity contribution in [2.75, 3.05) is 0 Å². The summed E-state index contributed by atoms with van der Waals surface area (Å²) >= 11 is 0. The molecule has 0 saturated carbocycles. The van der Waals surface area contributed by atoms with Gasteiger partial charge in [-0.1, -0.05) is 48.6 Å². The van der Waals surface area contributed by atoms with Crippen molar-refractivity contribution in [3.05, 3.63) is 70.2 Å². The molecule has 2 aliphatic carbocycles. The van der Waals surface area contributed by atoms with E-state index in [1.54, 1.807) is 0 Å². The fraction of sp³-hybridized carbons (Fsp3) is 0.0667. The zero-order chi connectivity index (χ0) is 10.1. The van der Waals surface area contributed by atoms with Crippen molar-refractivity contribution in [1.29, 1.82) is 0 Å². The van der Waals surface area contributed by atoms with Crippen LogP contribution in [0.25, 0.3) is 12.2 Å². The van der Waals surface area contributed by atoms with Gasteiger partial charge in [0.2, 0.25) is 0 Å². The molecule has 72 valence electrons. The van der Waals surface area contributed by atoms with Gasteiger partial charge in [-0.3, -0.25) is 0 Å². The van der Waals surface area contributed by atoms with Crippen LogP contribution in [0.1, 0.15) is 6.42 Å². The van der Waals surface area contributed by atoms with E-state index in [-0.39, 0.29) is 0 Å². The molecule has 0 unspecified atom stereocenters. The molecule has 0 amide bonds. The molecule has 1 aromatic carbocycles. The van der Waals surface area contributed by atoms with Crippen molar-refractivity contribution in [1.82, 2.24) is 0 Å². The lowest BCUT2D eigenvalue weighted by Gasteiger charge is -2.03. The molecule has 0 bridgehead atoms. The highest BCUT2D eigenvalue weighted by Gasteiger charge is 2.04. The fourth-order valence-electron chi connectivity index (χ4n) is 2.06. The van der Waals surface area contributed by atoms with E-state index in [1.165, 1.54) is 21.6 Å². The van der Waals surface area contributed by atoms with E-state index in [9.17, 15) is 0 Å². The van der Waals surface area contributed by atoms with E-state index in [0.717, 1.165) is 6.42 Å². The molecule has 0 N–H and O–H groups in total. The van der Waals surface area contributed by atoms with E-state index in [2.05, 4.69) is 60.7 Å². The van der Waals surface area contributed by atoms with Gasteiger partial charge < -0.3 is 0 Å². The highest BCUT2D eigenvalue weighted by molar-refractivity contribution is 5.74. The van der Waals surface area contributed by atoms with E-state index in [4.69, 9.17) is 0 Å². The molecule has 0 heterocycles. The van der Waals surface area contributed by atoms with Crippen LogP contribution in [-0.2, 0) is 0 Å². The van der Waals surface area contributed by atoms with E-state index in [0.29, 0.717) is 0 Å². The molecule has 0 nitrogen and oxygen atoms in total. The van der Waals surface area contributed by atoms with Gasteiger partial charge in [0.05, 0.1) is 0 Å². The second kappa shape index (κ2) is 3.39. The van der Waals surface area contributed by atoms with Crippen molar-refractivity contribution >= 4 is 12.2 Å². The lowest BCUT2D eigenvalue weighted by molar-refractivity contribution is 1.26. The number of hydrogen-bond acceptors (Lipinski definition) is 0. The second-order valence-electron chi connectivity index (χ2n) is 3.89. The highest BCUT2D eigenvalue weighted by atomic mass is 14.1. The van der Waals surface area contributed by atoms with Crippen molar-refractivity contribution in [2.45, 2.75) is 6.42 Å². The molecule has 0 heteroatoms. The Morgan fingerprint density at radius 1 is 0.867 bits per heavy atom. The molecule has 3 rings (SSSR count). The standard InChI is InChI=1S/C15H12/c1-2-6-12(7-3-1)15-10-13-8-4-5-9-14(13)11-15/h1-6,8-11H,7H2. The largest absolute Gasteiger partial charge is 0.0801 e. The number of hydrogen-bond donors (Lipinski definition) is 0. The Bertz CT molecular complexity index is 558. The average Bonchev–Trinajstić information content (AvgIpc) is 2.74. The van der Waals surface area contributed by atoms with E-state index < -0.39 is 0 Å². The lowest BCUT2D eigenvalue weighted by atomic mass is 10.0. The SMILES string of the molecule is C1=CCC(=C2C=c3ccccc3=C2)C=C1. The van der Waals surface area contributed by atoms with E-state index in [1.807, 2.05) is 0 Å². The van der Waals surface area contributed by atoms with Gasteiger partial charge in [0.15, 0.2) is 0 Å². The number of benzene rings is 1. The van der Waals surface area contributed by atoms with Crippen LogP contribution in [0.5, 0.6) is 0 Å². The van der Waals surface area contributed by atoms with Gasteiger partial charge in [-0.15, -0.1) is 0 Å². The Labute approximate surface area is 89.3 Å². The van der Waals surface area contributed by atoms with Gasteiger partial charge >= 0.3 is 0 Å². The number of rotatable bonds is 0. The summed E-state index contributed by atoms with van der Waals surface area (Å²) in [5, 5.41) is 2.67. The molecule has 0 saturated heterocycles. The van der Waals surface area contributed by atoms with Crippen molar-refractivity contribution in [2.24, 2.45) is 0 Å². The molecule has 0 fully saturated rings. The molecule has 0 atom stereocenters. The summed E-state index contributed by atoms with van der Waals surface area (Å²) in [5.74, 6) is 0. The molecular formula is C15H12. The normalized spacial score (nSPS) is 17.3. The zero-order valence-corrected chi connectivity index (χ0v) is 8.48. The lowest BCUT2D eigenvalue weighted by Crippen LogP contribution is -2.19. The number of fused-ring (bicyclic) bond motifs is 1. The van der Waals surface area contributed by atoms with Crippen LogP contribution >= 0.6 is 0 Å². The van der Waals surface area contributed by atoms with Gasteiger partial charge in [-0.05, 0) is 40.2 Å². The third-order valence-corrected chi connectivity index (χ3v) is 2.87. The minimum atomic E-state index is 1.05. The van der Waals surface area contributed by atoms with Crippen LogP contribution in [0.15, 0.2) is 59.7 Å². The molecule has 0 spiro atoms. The molecule has 15 heavy (non-hydrogen) atoms. The molecule has 0 aliphatic heterocycles. The molecular weight excluding hydrogens is 180 g/mol. The second-order valence-corrected chi connectivity index (χ2v) is 3.89. The summed E-state index contributed by atoms with van der Waals surface area (Å²) in [7, 11) is 0. The molecule has 0 aromatic heterocycles. The van der Waals surface area contributed by atoms with Crippen molar-refractivity contribution in [3.63, 3.8) is 0 Å². The number of allylic oxidation sites excluding steroid dienone is 6. The Kier molecular flexibility index (Phi) is 1.92. The van der Waals surface area contributed by atoms with Crippen molar-refractivity contribution < 1.29 is 0 Å². The predicted molar refractivity (Wildman–Crippen MR) is 64.5 cm³/mol. The minimum Gasteiger partial charge on any atom is -0.0801 e. The fourth-order valence-corrected chi connectivity index (χ4v) is 2.06. The Morgan fingerprint density at radius 3 is 2.20 bits per heavy atom. The Hall–Kier alpha value is -1.82. The van der Waals surface area contributed by atoms with Crippen molar-refractivity contribution in [3.8, 4) is 0 Å². The summed E-state index contributed by atoms with van der Waals surface area (Å²) in [4.78, 5) is 0. The van der Waals surface area contributed by atoms with Crippen LogP contribution in [0.3, 0.4) is 0 Å². The molecule has 0 radical (unpaired) electrons. The van der Waals surface area contributed by atoms with Gasteiger partial charge in [0.1, 0.15) is 0 Å². The smallest absolute Gasteiger partial charge is 0.00884 e. The first-order chi connectivity index (χ1) is 7.43. The third-order valence-electron chi connectivity index (χ3n) is 2.87. The molecule has 1 aromatic rings. The van der Waals surface area contributed by atoms with Crippen LogP contribution in [0.4, 0.5) is 0 Å². The van der Waals surface area contributed by atoms with Crippen LogP contribution in [-0.4, -0.2) is 0 Å². The van der Waals surface area contributed by atoms with Gasteiger partial charge in [0.25, 0.3) is 0 Å². The van der Waals surface area contributed by atoms with Gasteiger partial charge in [0, 0.05) is 0 Å². The average molecular weight is 192 g/mol. The molecule has 2 aliphatic rings. The summed E-state index contributed by atoms with van der Waals surface area (Å²) in [6.45, 7) is 0. The first-order valence-electron chi connectivity index (χ1n) is 5.28. The maximum Gasteiger partial charge on any atom is -0.00884 e. The summed E-state index contributed by atoms with van der Waals surface area (Å²) in [6, 6.07) is 8.52. The maximum atomic E-state index is 2.27. The van der Waals surface area contributed by atoms with Crippen LogP contribution < -0.4 is 10.4 Å². The van der Waals surface area contributed by atoms with Crippen LogP contribution in [0.2, 0.25) is 0 Å². The Balaban J connectivity index is 2.18. The maximum absolute atomic E-state index is 2.27. The summed E-state index contributed by atoms with van der Waals surface area (Å²) in [6.07, 6.45) is 14.2. The highest BCUT2D eigenvalue weighted by Crippen LogP contribution is 2.18. The topological polar surface area (TPSA) is 0 Å². The summed E-state index contributed by atoms with van der Waals surface area (Å²) < 4.78 is 0. The predicted octanol–water partition coefficient (Wildman–Crippen LogP) is 2.07. The zero-order valence-electron chi connectivity index (χ0n) is 8.48. The van der Waals surface area contributed by atoms with E-state index >= 15 is 0 Å². The monoisotopic (exact) mass is 192 g/mol. The minimum absolute atomic E-state index is 1.05. The Morgan fingerprint density at radius 2 is 1.60 bits per heavy atom. The van der Waals surface area contributed by atoms with Gasteiger partial charge in [-0.2, -0.15) is 0 Å². The van der Waals surface area contributed by atoms with Gasteiger partial charge in [-0.25, -0.2) is 0 Å². The first kappa shape index (κ1) is 8.49. The van der Waals surface area contributed by atoms with Crippen LogP contribution in [0, 0.1) is 0 Å². The summed E-state index contributed by atoms with van der Waals surface area (Å²) in [5.41, 5.74) is 2.77. The third kappa shape index (κ3) is 1.48. The quantitative estimate of drug-likeness (QED) is 0.590. The first-order valence-corrected chi connectivity index (χ1v) is 5.28.